The van der Waals surface area contributed by atoms with Crippen LogP contribution in [0.1, 0.15) is 33.6 Å². The minimum Gasteiger partial charge on any atom is -0.377 e. The van der Waals surface area contributed by atoms with Gasteiger partial charge in [0.1, 0.15) is 6.54 Å². The van der Waals surface area contributed by atoms with E-state index in [1.807, 2.05) is 20.8 Å². The molecular formula is C12H20N2O2. The van der Waals surface area contributed by atoms with Crippen LogP contribution in [0.25, 0.3) is 0 Å². The molecule has 1 heterocycles. The highest BCUT2D eigenvalue weighted by Gasteiger charge is 2.36. The zero-order chi connectivity index (χ0) is 12.1. The lowest BCUT2D eigenvalue weighted by Crippen LogP contribution is -2.43. The quantitative estimate of drug-likeness (QED) is 0.681. The predicted molar refractivity (Wildman–Crippen MR) is 60.6 cm³/mol. The number of nitriles is 1. The van der Waals surface area contributed by atoms with E-state index in [0.29, 0.717) is 6.61 Å². The summed E-state index contributed by atoms with van der Waals surface area (Å²) in [5.41, 5.74) is 0. The lowest BCUT2D eigenvalue weighted by atomic mass is 9.97. The molecule has 1 aliphatic heterocycles. The molecule has 1 aliphatic rings. The molecule has 2 atom stereocenters. The van der Waals surface area contributed by atoms with E-state index in [9.17, 15) is 4.79 Å². The summed E-state index contributed by atoms with van der Waals surface area (Å²) < 4.78 is 5.51. The second-order valence-corrected chi connectivity index (χ2v) is 4.43. The van der Waals surface area contributed by atoms with Gasteiger partial charge in [0.25, 0.3) is 0 Å². The third-order valence-electron chi connectivity index (χ3n) is 3.08. The van der Waals surface area contributed by atoms with Gasteiger partial charge in [-0.25, -0.2) is 0 Å². The van der Waals surface area contributed by atoms with Crippen LogP contribution < -0.4 is 0 Å². The lowest BCUT2D eigenvalue weighted by molar-refractivity contribution is -0.138. The van der Waals surface area contributed by atoms with E-state index in [4.69, 9.17) is 10.00 Å². The molecule has 4 nitrogen and oxygen atoms in total. The van der Waals surface area contributed by atoms with Gasteiger partial charge in [-0.3, -0.25) is 4.79 Å². The van der Waals surface area contributed by atoms with Crippen LogP contribution in [0, 0.1) is 17.2 Å². The fourth-order valence-corrected chi connectivity index (χ4v) is 2.14. The summed E-state index contributed by atoms with van der Waals surface area (Å²) in [5.74, 6) is 0.0154. The van der Waals surface area contributed by atoms with Crippen molar-refractivity contribution in [3.63, 3.8) is 0 Å². The minimum absolute atomic E-state index is 0.0347. The van der Waals surface area contributed by atoms with Crippen molar-refractivity contribution in [2.24, 2.45) is 5.92 Å². The van der Waals surface area contributed by atoms with E-state index in [1.165, 1.54) is 0 Å². The van der Waals surface area contributed by atoms with Gasteiger partial charge in [0, 0.05) is 12.6 Å². The number of rotatable bonds is 4. The normalized spacial score (nSPS) is 24.4. The molecule has 0 N–H and O–H groups in total. The second kappa shape index (κ2) is 5.86. The molecule has 4 heteroatoms. The van der Waals surface area contributed by atoms with Gasteiger partial charge in [0.2, 0.25) is 5.91 Å². The van der Waals surface area contributed by atoms with Gasteiger partial charge < -0.3 is 9.64 Å². The molecule has 1 rings (SSSR count). The molecule has 1 fully saturated rings. The molecular weight excluding hydrogens is 204 g/mol. The average molecular weight is 224 g/mol. The SMILES string of the molecule is CCC1OCCC1C(=O)N(CC#N)C(C)C. The fourth-order valence-electron chi connectivity index (χ4n) is 2.14. The maximum atomic E-state index is 12.2. The molecule has 0 aromatic rings. The van der Waals surface area contributed by atoms with Crippen molar-refractivity contribution < 1.29 is 9.53 Å². The largest absolute Gasteiger partial charge is 0.377 e. The number of carbonyl (C=O) groups excluding carboxylic acids is 1. The summed E-state index contributed by atoms with van der Waals surface area (Å²) in [5, 5.41) is 8.73. The highest BCUT2D eigenvalue weighted by atomic mass is 16.5. The average Bonchev–Trinajstić information content (AvgIpc) is 2.72. The first kappa shape index (κ1) is 13.0. The standard InChI is InChI=1S/C12H20N2O2/c1-4-11-10(5-8-16-11)12(15)14(7-6-13)9(2)3/h9-11H,4-5,7-8H2,1-3H3. The van der Waals surface area contributed by atoms with E-state index in [1.54, 1.807) is 4.90 Å². The van der Waals surface area contributed by atoms with Crippen molar-refractivity contribution in [3.8, 4) is 6.07 Å². The number of hydrogen-bond donors (Lipinski definition) is 0. The van der Waals surface area contributed by atoms with Gasteiger partial charge in [-0.15, -0.1) is 0 Å². The lowest BCUT2D eigenvalue weighted by Gasteiger charge is -2.28. The fraction of sp³-hybridized carbons (Fsp3) is 0.833. The van der Waals surface area contributed by atoms with Gasteiger partial charge in [-0.2, -0.15) is 5.26 Å². The summed E-state index contributed by atoms with van der Waals surface area (Å²) in [4.78, 5) is 13.9. The topological polar surface area (TPSA) is 53.3 Å². The Morgan fingerprint density at radius 1 is 1.62 bits per heavy atom. The highest BCUT2D eigenvalue weighted by Crippen LogP contribution is 2.25. The van der Waals surface area contributed by atoms with Crippen molar-refractivity contribution in [1.82, 2.24) is 4.90 Å². The molecule has 0 radical (unpaired) electrons. The van der Waals surface area contributed by atoms with E-state index < -0.39 is 0 Å². The van der Waals surface area contributed by atoms with Crippen LogP contribution in [0.4, 0.5) is 0 Å². The van der Waals surface area contributed by atoms with Gasteiger partial charge in [0.05, 0.1) is 18.1 Å². The van der Waals surface area contributed by atoms with Crippen LogP contribution in [0.15, 0.2) is 0 Å². The van der Waals surface area contributed by atoms with Crippen LogP contribution in [0.2, 0.25) is 0 Å². The Hall–Kier alpha value is -1.08. The summed E-state index contributed by atoms with van der Waals surface area (Å²) in [7, 11) is 0. The molecule has 0 aromatic heterocycles. The van der Waals surface area contributed by atoms with Crippen molar-refractivity contribution in [1.29, 1.82) is 5.26 Å². The third-order valence-corrected chi connectivity index (χ3v) is 3.08. The van der Waals surface area contributed by atoms with E-state index in [0.717, 1.165) is 12.8 Å². The summed E-state index contributed by atoms with van der Waals surface area (Å²) in [6.45, 7) is 6.73. The Kier molecular flexibility index (Phi) is 4.75. The predicted octanol–water partition coefficient (Wildman–Crippen LogP) is 1.56. The van der Waals surface area contributed by atoms with E-state index in [2.05, 4.69) is 6.07 Å². The van der Waals surface area contributed by atoms with Crippen molar-refractivity contribution >= 4 is 5.91 Å². The van der Waals surface area contributed by atoms with Gasteiger partial charge in [-0.1, -0.05) is 6.92 Å². The first-order valence-corrected chi connectivity index (χ1v) is 5.90. The first-order chi connectivity index (χ1) is 7.61. The maximum Gasteiger partial charge on any atom is 0.229 e. The van der Waals surface area contributed by atoms with Crippen LogP contribution in [0.5, 0.6) is 0 Å². The molecule has 2 unspecified atom stereocenters. The van der Waals surface area contributed by atoms with Crippen LogP contribution in [-0.2, 0) is 9.53 Å². The summed E-state index contributed by atoms with van der Waals surface area (Å²) >= 11 is 0. The van der Waals surface area contributed by atoms with Crippen molar-refractivity contribution in [3.05, 3.63) is 0 Å². The monoisotopic (exact) mass is 224 g/mol. The van der Waals surface area contributed by atoms with E-state index in [-0.39, 0.29) is 30.5 Å². The van der Waals surface area contributed by atoms with Crippen LogP contribution >= 0.6 is 0 Å². The summed E-state index contributed by atoms with van der Waals surface area (Å²) in [6.07, 6.45) is 1.67. The zero-order valence-electron chi connectivity index (χ0n) is 10.3. The Morgan fingerprint density at radius 3 is 2.81 bits per heavy atom. The van der Waals surface area contributed by atoms with Gasteiger partial charge >= 0.3 is 0 Å². The molecule has 0 aromatic carbocycles. The molecule has 0 saturated carbocycles. The molecule has 0 aliphatic carbocycles. The van der Waals surface area contributed by atoms with Gasteiger partial charge in [0.15, 0.2) is 0 Å². The first-order valence-electron chi connectivity index (χ1n) is 5.90. The number of carbonyl (C=O) groups is 1. The number of hydrogen-bond acceptors (Lipinski definition) is 3. The second-order valence-electron chi connectivity index (χ2n) is 4.43. The van der Waals surface area contributed by atoms with E-state index >= 15 is 0 Å². The van der Waals surface area contributed by atoms with Crippen molar-refractivity contribution in [2.45, 2.75) is 45.8 Å². The maximum absolute atomic E-state index is 12.2. The molecule has 1 amide bonds. The molecule has 0 bridgehead atoms. The number of ether oxygens (including phenoxy) is 1. The molecule has 0 spiro atoms. The molecule has 90 valence electrons. The minimum atomic E-state index is -0.0549. The van der Waals surface area contributed by atoms with Crippen LogP contribution in [-0.4, -0.2) is 36.1 Å². The Labute approximate surface area is 97.2 Å². The molecule has 16 heavy (non-hydrogen) atoms. The molecule has 1 saturated heterocycles. The smallest absolute Gasteiger partial charge is 0.229 e. The number of nitrogens with zero attached hydrogens (tertiary/aromatic N) is 2. The Balaban J connectivity index is 2.70. The van der Waals surface area contributed by atoms with Crippen LogP contribution in [0.3, 0.4) is 0 Å². The Morgan fingerprint density at radius 2 is 2.31 bits per heavy atom. The highest BCUT2D eigenvalue weighted by molar-refractivity contribution is 5.80. The zero-order valence-corrected chi connectivity index (χ0v) is 10.3. The third kappa shape index (κ3) is 2.73. The number of amides is 1. The summed E-state index contributed by atoms with van der Waals surface area (Å²) in [6, 6.07) is 2.12. The van der Waals surface area contributed by atoms with Crippen molar-refractivity contribution in [2.75, 3.05) is 13.2 Å². The Bertz CT molecular complexity index is 283. The van der Waals surface area contributed by atoms with Gasteiger partial charge in [-0.05, 0) is 26.7 Å².